The van der Waals surface area contributed by atoms with E-state index in [1.807, 2.05) is 91.2 Å². The number of likely N-dealkylation sites (tertiary alicyclic amines) is 1. The molecule has 1 aliphatic heterocycles. The van der Waals surface area contributed by atoms with E-state index >= 15 is 0 Å². The number of rotatable bonds is 21. The molecule has 0 radical (unpaired) electrons. The lowest BCUT2D eigenvalue weighted by molar-refractivity contribution is -0.143. The Bertz CT molecular complexity index is 2560. The molecule has 64 heavy (non-hydrogen) atoms. The highest BCUT2D eigenvalue weighted by Gasteiger charge is 2.45. The van der Waals surface area contributed by atoms with Gasteiger partial charge in [0.15, 0.2) is 0 Å². The molecule has 18 heteroatoms. The fraction of sp³-hybridized carbons (Fsp3) is 0.304. The number of thioether (sulfide) groups is 1. The summed E-state index contributed by atoms with van der Waals surface area (Å²) in [6.45, 7) is 1.77. The first-order chi connectivity index (χ1) is 30.6. The van der Waals surface area contributed by atoms with E-state index in [0.717, 1.165) is 27.1 Å². The SMILES string of the molecule is CSCC[C@@H](NC=O)C(=O)N[C@@H]1CC(C)N(C(Cc2ccc3ccccc3c2)C(=O)NC(Cc2ccc3ccccc3c2)C(=O)NC(Cc2ccc(OP(=O)(O)O)cc2)C(=O)O)C1=O. The van der Waals surface area contributed by atoms with Gasteiger partial charge in [0.25, 0.3) is 0 Å². The molecule has 7 N–H and O–H groups in total. The van der Waals surface area contributed by atoms with Crippen LogP contribution in [0.4, 0.5) is 0 Å². The maximum absolute atomic E-state index is 14.9. The van der Waals surface area contributed by atoms with E-state index in [1.165, 1.54) is 40.9 Å². The molecule has 0 aliphatic carbocycles. The van der Waals surface area contributed by atoms with Crippen molar-refractivity contribution in [2.75, 3.05) is 12.0 Å². The molecule has 1 fully saturated rings. The Labute approximate surface area is 373 Å². The van der Waals surface area contributed by atoms with Crippen LogP contribution in [0.25, 0.3) is 21.5 Å². The smallest absolute Gasteiger partial charge is 0.480 e. The summed E-state index contributed by atoms with van der Waals surface area (Å²) >= 11 is 1.50. The van der Waals surface area contributed by atoms with E-state index in [2.05, 4.69) is 25.8 Å². The number of carbonyl (C=O) groups excluding carboxylic acids is 5. The van der Waals surface area contributed by atoms with E-state index in [4.69, 9.17) is 9.79 Å². The number of hydrogen-bond donors (Lipinski definition) is 7. The molecule has 0 spiro atoms. The highest BCUT2D eigenvalue weighted by atomic mass is 32.2. The third-order valence-electron chi connectivity index (χ3n) is 11.1. The molecule has 5 amide bonds. The summed E-state index contributed by atoms with van der Waals surface area (Å²) in [5, 5.41) is 24.7. The Balaban J connectivity index is 1.31. The fourth-order valence-corrected chi connectivity index (χ4v) is 8.80. The van der Waals surface area contributed by atoms with E-state index in [9.17, 15) is 38.4 Å². The predicted molar refractivity (Wildman–Crippen MR) is 242 cm³/mol. The van der Waals surface area contributed by atoms with E-state index in [-0.39, 0.29) is 31.4 Å². The number of benzene rings is 5. The second-order valence-corrected chi connectivity index (χ2v) is 17.8. The van der Waals surface area contributed by atoms with Crippen molar-refractivity contribution in [2.24, 2.45) is 0 Å². The van der Waals surface area contributed by atoms with Gasteiger partial charge in [-0.15, -0.1) is 0 Å². The summed E-state index contributed by atoms with van der Waals surface area (Å²) in [6.07, 6.45) is 2.54. The highest BCUT2D eigenvalue weighted by Crippen LogP contribution is 2.37. The molecule has 5 aromatic rings. The summed E-state index contributed by atoms with van der Waals surface area (Å²) in [5.41, 5.74) is 1.78. The third-order valence-corrected chi connectivity index (χ3v) is 12.2. The highest BCUT2D eigenvalue weighted by molar-refractivity contribution is 7.98. The van der Waals surface area contributed by atoms with Gasteiger partial charge >= 0.3 is 13.8 Å². The number of fused-ring (bicyclic) bond motifs is 2. The summed E-state index contributed by atoms with van der Waals surface area (Å²) in [7, 11) is -4.84. The Morgan fingerprint density at radius 2 is 1.31 bits per heavy atom. The maximum Gasteiger partial charge on any atom is 0.524 e. The van der Waals surface area contributed by atoms with Crippen LogP contribution in [0.5, 0.6) is 5.75 Å². The first-order valence-electron chi connectivity index (χ1n) is 20.6. The first-order valence-corrected chi connectivity index (χ1v) is 23.5. The zero-order valence-electron chi connectivity index (χ0n) is 35.1. The second kappa shape index (κ2) is 21.4. The largest absolute Gasteiger partial charge is 0.524 e. The molecule has 336 valence electrons. The number of nitrogens with zero attached hydrogens (tertiary/aromatic N) is 1. The number of hydrogen-bond acceptors (Lipinski definition) is 9. The van der Waals surface area contributed by atoms with Crippen LogP contribution < -0.4 is 25.8 Å². The van der Waals surface area contributed by atoms with Crippen molar-refractivity contribution in [3.8, 4) is 5.75 Å². The number of carboxylic acid groups (broad SMARTS) is 1. The molecule has 6 atom stereocenters. The maximum atomic E-state index is 14.9. The minimum absolute atomic E-state index is 0.0280. The molecule has 5 aromatic carbocycles. The molecular formula is C46H50N5O11PS. The van der Waals surface area contributed by atoms with Gasteiger partial charge < -0.3 is 35.8 Å². The fourth-order valence-electron chi connectivity index (χ4n) is 7.93. The van der Waals surface area contributed by atoms with Crippen LogP contribution in [0, 0.1) is 0 Å². The Kier molecular flexibility index (Phi) is 15.8. The molecule has 4 unspecified atom stereocenters. The van der Waals surface area contributed by atoms with Crippen molar-refractivity contribution in [1.29, 1.82) is 0 Å². The standard InChI is InChI=1S/C46H50N5O11PS/c1-28-21-39(49-42(53)37(47-27-52)19-20-64-2)45(56)51(28)41(26-31-12-16-33-8-4-6-10-35(33)23-31)44(55)48-38(25-30-11-15-32-7-3-5-9-34(32)22-30)43(54)50-40(46(57)58)24-29-13-17-36(18-14-29)62-63(59,60)61/h3-18,22-23,27-28,37-41H,19-21,24-26H2,1-2H3,(H,47,52)(H,48,55)(H,49,53)(H,50,54)(H,57,58)(H2,59,60,61)/t28?,37-,38?,39-,40?,41?/m1/s1. The van der Waals surface area contributed by atoms with Gasteiger partial charge in [-0.05, 0) is 82.1 Å². The van der Waals surface area contributed by atoms with Crippen LogP contribution in [-0.4, -0.2) is 104 Å². The van der Waals surface area contributed by atoms with Crippen LogP contribution >= 0.6 is 19.6 Å². The second-order valence-electron chi connectivity index (χ2n) is 15.7. The molecule has 6 rings (SSSR count). The first kappa shape index (κ1) is 47.2. The summed E-state index contributed by atoms with van der Waals surface area (Å²) in [5.74, 6) is -3.49. The molecule has 0 aromatic heterocycles. The molecule has 0 bridgehead atoms. The van der Waals surface area contributed by atoms with Crippen molar-refractivity contribution in [2.45, 2.75) is 75.3 Å². The monoisotopic (exact) mass is 911 g/mol. The predicted octanol–water partition coefficient (Wildman–Crippen LogP) is 3.89. The van der Waals surface area contributed by atoms with Gasteiger partial charge in [-0.2, -0.15) is 11.8 Å². The Morgan fingerprint density at radius 1 is 0.766 bits per heavy atom. The molecule has 16 nitrogen and oxygen atoms in total. The number of aliphatic carboxylic acids is 1. The molecular weight excluding hydrogens is 862 g/mol. The molecule has 1 aliphatic rings. The van der Waals surface area contributed by atoms with Gasteiger partial charge in [0.1, 0.15) is 36.0 Å². The Hall–Kier alpha value is -6.26. The van der Waals surface area contributed by atoms with Crippen LogP contribution in [0.2, 0.25) is 0 Å². The quantitative estimate of drug-likeness (QED) is 0.0410. The average molecular weight is 912 g/mol. The number of amides is 5. The van der Waals surface area contributed by atoms with Gasteiger partial charge in [-0.3, -0.25) is 33.8 Å². The van der Waals surface area contributed by atoms with Gasteiger partial charge in [0.05, 0.1) is 0 Å². The van der Waals surface area contributed by atoms with Gasteiger partial charge in [-0.1, -0.05) is 97.1 Å². The number of carbonyl (C=O) groups is 6. The van der Waals surface area contributed by atoms with Crippen LogP contribution in [-0.2, 0) is 52.6 Å². The zero-order chi connectivity index (χ0) is 46.0. The summed E-state index contributed by atoms with van der Waals surface area (Å²) in [6, 6.07) is 25.4. The molecule has 1 saturated heterocycles. The van der Waals surface area contributed by atoms with Gasteiger partial charge in [0.2, 0.25) is 30.0 Å². The van der Waals surface area contributed by atoms with Crippen molar-refractivity contribution in [3.63, 3.8) is 0 Å². The van der Waals surface area contributed by atoms with E-state index in [0.29, 0.717) is 29.7 Å². The van der Waals surface area contributed by atoms with Crippen molar-refractivity contribution >= 4 is 77.1 Å². The zero-order valence-corrected chi connectivity index (χ0v) is 36.8. The van der Waals surface area contributed by atoms with Crippen molar-refractivity contribution in [3.05, 3.63) is 126 Å². The lowest BCUT2D eigenvalue weighted by Gasteiger charge is -2.32. The summed E-state index contributed by atoms with van der Waals surface area (Å²) < 4.78 is 15.9. The number of phosphoric acid groups is 1. The van der Waals surface area contributed by atoms with Gasteiger partial charge in [-0.25, -0.2) is 9.36 Å². The minimum Gasteiger partial charge on any atom is -0.480 e. The number of nitrogens with one attached hydrogen (secondary N) is 4. The minimum atomic E-state index is -4.84. The van der Waals surface area contributed by atoms with E-state index in [1.54, 1.807) is 6.92 Å². The third kappa shape index (κ3) is 12.5. The normalized spacial score (nSPS) is 16.9. The van der Waals surface area contributed by atoms with Crippen molar-refractivity contribution < 1.29 is 52.7 Å². The van der Waals surface area contributed by atoms with Crippen molar-refractivity contribution in [1.82, 2.24) is 26.2 Å². The Morgan fingerprint density at radius 3 is 1.88 bits per heavy atom. The number of carboxylic acids is 1. The van der Waals surface area contributed by atoms with Crippen LogP contribution in [0.15, 0.2) is 109 Å². The average Bonchev–Trinajstić information content (AvgIpc) is 3.54. The van der Waals surface area contributed by atoms with Crippen LogP contribution in [0.1, 0.15) is 36.5 Å². The van der Waals surface area contributed by atoms with E-state index < -0.39 is 73.7 Å². The lowest BCUT2D eigenvalue weighted by atomic mass is 9.98. The molecule has 0 saturated carbocycles. The lowest BCUT2D eigenvalue weighted by Crippen LogP contribution is -2.59. The van der Waals surface area contributed by atoms with Crippen LogP contribution in [0.3, 0.4) is 0 Å². The summed E-state index contributed by atoms with van der Waals surface area (Å²) in [4.78, 5) is 101. The number of phosphoric ester groups is 1. The topological polar surface area (TPSA) is 241 Å². The molecule has 1 heterocycles. The van der Waals surface area contributed by atoms with Gasteiger partial charge in [0, 0.05) is 25.3 Å².